The van der Waals surface area contributed by atoms with Crippen molar-refractivity contribution in [1.82, 2.24) is 10.1 Å². The molecule has 32 heavy (non-hydrogen) atoms. The molecule has 0 N–H and O–H groups in total. The molecule has 0 saturated carbocycles. The number of furan rings is 1. The number of ether oxygens (including phenoxy) is 3. The Morgan fingerprint density at radius 3 is 2.75 bits per heavy atom. The van der Waals surface area contributed by atoms with Crippen molar-refractivity contribution in [2.75, 3.05) is 13.9 Å². The Bertz CT molecular complexity index is 1230. The van der Waals surface area contributed by atoms with Gasteiger partial charge in [0, 0.05) is 18.2 Å². The number of hydrogen-bond acceptors (Lipinski definition) is 7. The molecule has 0 spiro atoms. The van der Waals surface area contributed by atoms with Crippen LogP contribution in [0.25, 0.3) is 11.5 Å². The van der Waals surface area contributed by atoms with Gasteiger partial charge in [0.2, 0.25) is 12.6 Å². The standard InChI is InChI=1S/C24H20N2O6/c1-28-19-5-2-4-17(11-19)24(27)26(13-16-7-8-21-22(10-16)31-15-30-21)14-18-12-23(32-25-18)20-6-3-9-29-20/h2-12H,13-15H2,1H3. The van der Waals surface area contributed by atoms with Crippen LogP contribution in [0.4, 0.5) is 0 Å². The van der Waals surface area contributed by atoms with Gasteiger partial charge in [0.1, 0.15) is 11.4 Å². The minimum absolute atomic E-state index is 0.163. The van der Waals surface area contributed by atoms with E-state index >= 15 is 0 Å². The SMILES string of the molecule is COc1cccc(C(=O)N(Cc2ccc3c(c2)OCO3)Cc2cc(-c3ccco3)on2)c1. The molecule has 0 unspecified atom stereocenters. The number of benzene rings is 2. The molecule has 2 aromatic carbocycles. The Morgan fingerprint density at radius 2 is 1.91 bits per heavy atom. The van der Waals surface area contributed by atoms with E-state index in [1.807, 2.05) is 18.2 Å². The van der Waals surface area contributed by atoms with Gasteiger partial charge in [0.05, 0.1) is 19.9 Å². The summed E-state index contributed by atoms with van der Waals surface area (Å²) in [4.78, 5) is 15.1. The maximum absolute atomic E-state index is 13.4. The third-order valence-electron chi connectivity index (χ3n) is 5.09. The van der Waals surface area contributed by atoms with E-state index in [-0.39, 0.29) is 19.2 Å². The first-order chi connectivity index (χ1) is 15.7. The van der Waals surface area contributed by atoms with Crippen molar-refractivity contribution in [3.8, 4) is 28.8 Å². The Kier molecular flexibility index (Phi) is 5.25. The van der Waals surface area contributed by atoms with Gasteiger partial charge in [-0.2, -0.15) is 0 Å². The average Bonchev–Trinajstić information content (AvgIpc) is 3.59. The van der Waals surface area contributed by atoms with Crippen LogP contribution in [0.5, 0.6) is 17.2 Å². The van der Waals surface area contributed by atoms with Crippen LogP contribution < -0.4 is 14.2 Å². The molecule has 1 aliphatic heterocycles. The fourth-order valence-corrected chi connectivity index (χ4v) is 3.51. The van der Waals surface area contributed by atoms with Crippen molar-refractivity contribution in [3.05, 3.63) is 83.7 Å². The first-order valence-corrected chi connectivity index (χ1v) is 10.0. The number of aromatic nitrogens is 1. The van der Waals surface area contributed by atoms with Gasteiger partial charge in [-0.15, -0.1) is 0 Å². The van der Waals surface area contributed by atoms with E-state index in [4.69, 9.17) is 23.2 Å². The number of carbonyl (C=O) groups is 1. The zero-order valence-corrected chi connectivity index (χ0v) is 17.3. The Balaban J connectivity index is 1.43. The van der Waals surface area contributed by atoms with Gasteiger partial charge in [-0.3, -0.25) is 4.79 Å². The van der Waals surface area contributed by atoms with Crippen LogP contribution in [0.15, 0.2) is 75.9 Å². The molecule has 1 aliphatic rings. The summed E-state index contributed by atoms with van der Waals surface area (Å²) in [5, 5.41) is 4.12. The minimum Gasteiger partial charge on any atom is -0.497 e. The number of methoxy groups -OCH3 is 1. The quantitative estimate of drug-likeness (QED) is 0.424. The van der Waals surface area contributed by atoms with Crippen molar-refractivity contribution in [3.63, 3.8) is 0 Å². The second-order valence-corrected chi connectivity index (χ2v) is 7.24. The highest BCUT2D eigenvalue weighted by Gasteiger charge is 2.21. The van der Waals surface area contributed by atoms with E-state index in [0.717, 1.165) is 5.56 Å². The van der Waals surface area contributed by atoms with Crippen molar-refractivity contribution in [2.24, 2.45) is 0 Å². The highest BCUT2D eigenvalue weighted by molar-refractivity contribution is 5.94. The summed E-state index contributed by atoms with van der Waals surface area (Å²) in [5.41, 5.74) is 2.02. The van der Waals surface area contributed by atoms with Crippen LogP contribution in [-0.4, -0.2) is 29.9 Å². The summed E-state index contributed by atoms with van der Waals surface area (Å²) in [6, 6.07) is 18.0. The van der Waals surface area contributed by atoms with E-state index < -0.39 is 0 Å². The number of carbonyl (C=O) groups excluding carboxylic acids is 1. The summed E-state index contributed by atoms with van der Waals surface area (Å²) in [7, 11) is 1.57. The number of rotatable bonds is 7. The van der Waals surface area contributed by atoms with E-state index in [0.29, 0.717) is 46.6 Å². The average molecular weight is 432 g/mol. The predicted molar refractivity (Wildman–Crippen MR) is 113 cm³/mol. The molecule has 3 heterocycles. The van der Waals surface area contributed by atoms with Gasteiger partial charge in [0.25, 0.3) is 5.91 Å². The van der Waals surface area contributed by atoms with Crippen molar-refractivity contribution in [2.45, 2.75) is 13.1 Å². The molecule has 8 heteroatoms. The lowest BCUT2D eigenvalue weighted by Crippen LogP contribution is -2.30. The zero-order valence-electron chi connectivity index (χ0n) is 17.3. The van der Waals surface area contributed by atoms with Crippen LogP contribution in [0.2, 0.25) is 0 Å². The minimum atomic E-state index is -0.163. The second-order valence-electron chi connectivity index (χ2n) is 7.24. The van der Waals surface area contributed by atoms with E-state index in [1.54, 1.807) is 60.7 Å². The largest absolute Gasteiger partial charge is 0.497 e. The summed E-state index contributed by atoms with van der Waals surface area (Å²) < 4.78 is 26.9. The Hall–Kier alpha value is -4.20. The van der Waals surface area contributed by atoms with Crippen LogP contribution >= 0.6 is 0 Å². The lowest BCUT2D eigenvalue weighted by atomic mass is 10.1. The molecule has 0 fully saturated rings. The first kappa shape index (κ1) is 19.7. The molecular weight excluding hydrogens is 412 g/mol. The monoisotopic (exact) mass is 432 g/mol. The van der Waals surface area contributed by atoms with Crippen molar-refractivity contribution >= 4 is 5.91 Å². The zero-order chi connectivity index (χ0) is 21.9. The molecule has 8 nitrogen and oxygen atoms in total. The molecule has 0 atom stereocenters. The van der Waals surface area contributed by atoms with Crippen LogP contribution in [0, 0.1) is 0 Å². The van der Waals surface area contributed by atoms with Gasteiger partial charge in [-0.1, -0.05) is 17.3 Å². The molecule has 0 saturated heterocycles. The molecule has 2 aromatic heterocycles. The maximum atomic E-state index is 13.4. The van der Waals surface area contributed by atoms with Crippen LogP contribution in [-0.2, 0) is 13.1 Å². The van der Waals surface area contributed by atoms with E-state index in [2.05, 4.69) is 5.16 Å². The van der Waals surface area contributed by atoms with E-state index in [9.17, 15) is 4.79 Å². The van der Waals surface area contributed by atoms with E-state index in [1.165, 1.54) is 0 Å². The maximum Gasteiger partial charge on any atom is 0.254 e. The second kappa shape index (κ2) is 8.50. The first-order valence-electron chi connectivity index (χ1n) is 10.0. The fraction of sp³-hybridized carbons (Fsp3) is 0.167. The lowest BCUT2D eigenvalue weighted by molar-refractivity contribution is 0.0725. The molecule has 1 amide bonds. The Morgan fingerprint density at radius 1 is 1.00 bits per heavy atom. The Labute approximate surface area is 183 Å². The summed E-state index contributed by atoms with van der Waals surface area (Å²) in [6.45, 7) is 0.782. The fourth-order valence-electron chi connectivity index (χ4n) is 3.51. The molecule has 5 rings (SSSR count). The third-order valence-corrected chi connectivity index (χ3v) is 5.09. The third kappa shape index (κ3) is 4.02. The van der Waals surface area contributed by atoms with Gasteiger partial charge in [0.15, 0.2) is 17.3 Å². The number of nitrogens with zero attached hydrogens (tertiary/aromatic N) is 2. The highest BCUT2D eigenvalue weighted by atomic mass is 16.7. The highest BCUT2D eigenvalue weighted by Crippen LogP contribution is 2.33. The van der Waals surface area contributed by atoms with Gasteiger partial charge >= 0.3 is 0 Å². The molecule has 0 bridgehead atoms. The summed E-state index contributed by atoms with van der Waals surface area (Å²) in [5.74, 6) is 2.88. The van der Waals surface area contributed by atoms with Gasteiger partial charge in [-0.25, -0.2) is 0 Å². The van der Waals surface area contributed by atoms with Crippen molar-refractivity contribution < 1.29 is 27.9 Å². The smallest absolute Gasteiger partial charge is 0.254 e. The molecule has 0 aliphatic carbocycles. The molecule has 4 aromatic rings. The molecular formula is C24H20N2O6. The number of fused-ring (bicyclic) bond motifs is 1. The predicted octanol–water partition coefficient (Wildman–Crippen LogP) is 4.51. The molecule has 162 valence electrons. The molecule has 0 radical (unpaired) electrons. The summed E-state index contributed by atoms with van der Waals surface area (Å²) >= 11 is 0. The number of hydrogen-bond donors (Lipinski definition) is 0. The van der Waals surface area contributed by atoms with Gasteiger partial charge < -0.3 is 28.1 Å². The normalized spacial score (nSPS) is 12.0. The lowest BCUT2D eigenvalue weighted by Gasteiger charge is -2.22. The van der Waals surface area contributed by atoms with Crippen LogP contribution in [0.3, 0.4) is 0 Å². The summed E-state index contributed by atoms with van der Waals surface area (Å²) in [6.07, 6.45) is 1.57. The topological polar surface area (TPSA) is 87.2 Å². The van der Waals surface area contributed by atoms with Crippen LogP contribution in [0.1, 0.15) is 21.6 Å². The van der Waals surface area contributed by atoms with Crippen molar-refractivity contribution in [1.29, 1.82) is 0 Å². The van der Waals surface area contributed by atoms with Gasteiger partial charge in [-0.05, 0) is 48.0 Å². The number of amides is 1.